The van der Waals surface area contributed by atoms with E-state index in [1.54, 1.807) is 6.20 Å². The molecule has 186 valence electrons. The van der Waals surface area contributed by atoms with Gasteiger partial charge in [0.15, 0.2) is 0 Å². The number of amides is 1. The predicted molar refractivity (Wildman–Crippen MR) is 144 cm³/mol. The van der Waals surface area contributed by atoms with Gasteiger partial charge in [0.1, 0.15) is 12.0 Å². The molecule has 2 fully saturated rings. The molecule has 0 aliphatic carbocycles. The Kier molecular flexibility index (Phi) is 8.28. The first kappa shape index (κ1) is 27.2. The van der Waals surface area contributed by atoms with Crippen molar-refractivity contribution in [1.29, 1.82) is 0 Å². The SMILES string of the molecule is O=C(c1cnc2ccccc2c1)N1[C@H]2CC[C@H](c3cc(C(F)F)nc4ncnn34)[C@@H]1CC2.S.S.S. The first-order valence-corrected chi connectivity index (χ1v) is 10.8. The maximum atomic E-state index is 13.6. The van der Waals surface area contributed by atoms with Crippen LogP contribution < -0.4 is 0 Å². The normalized spacial score (nSPS) is 20.9. The third-order valence-electron chi connectivity index (χ3n) is 6.80. The Morgan fingerprint density at radius 2 is 1.77 bits per heavy atom. The molecule has 2 bridgehead atoms. The predicted octanol–water partition coefficient (Wildman–Crippen LogP) is 4.50. The summed E-state index contributed by atoms with van der Waals surface area (Å²) in [6.07, 6.45) is 3.60. The fraction of sp³-hybridized carbons (Fsp3) is 0.348. The maximum Gasteiger partial charge on any atom is 0.280 e. The van der Waals surface area contributed by atoms with Crippen molar-refractivity contribution >= 4 is 63.1 Å². The van der Waals surface area contributed by atoms with E-state index in [-0.39, 0.29) is 75.9 Å². The molecule has 0 N–H and O–H groups in total. The smallest absolute Gasteiger partial charge is 0.280 e. The molecular formula is C23H26F2N6OS3. The Balaban J connectivity index is 0.00000114. The zero-order valence-corrected chi connectivity index (χ0v) is 21.6. The van der Waals surface area contributed by atoms with Crippen molar-refractivity contribution in [2.45, 2.75) is 50.1 Å². The topological polar surface area (TPSA) is 76.3 Å². The molecule has 3 aromatic heterocycles. The van der Waals surface area contributed by atoms with Crippen LogP contribution in [0.2, 0.25) is 0 Å². The van der Waals surface area contributed by atoms with Gasteiger partial charge < -0.3 is 4.90 Å². The fourth-order valence-corrected chi connectivity index (χ4v) is 5.38. The van der Waals surface area contributed by atoms with Crippen LogP contribution >= 0.6 is 40.5 Å². The summed E-state index contributed by atoms with van der Waals surface area (Å²) in [5, 5.41) is 5.14. The van der Waals surface area contributed by atoms with Gasteiger partial charge in [0.25, 0.3) is 18.1 Å². The van der Waals surface area contributed by atoms with E-state index >= 15 is 0 Å². The minimum Gasteiger partial charge on any atom is -0.332 e. The molecule has 0 spiro atoms. The van der Waals surface area contributed by atoms with E-state index in [9.17, 15) is 13.6 Å². The first-order valence-electron chi connectivity index (χ1n) is 10.8. The number of carbonyl (C=O) groups is 1. The van der Waals surface area contributed by atoms with E-state index in [1.165, 1.54) is 16.9 Å². The Hall–Kier alpha value is -2.44. The van der Waals surface area contributed by atoms with E-state index in [4.69, 9.17) is 0 Å². The van der Waals surface area contributed by atoms with Gasteiger partial charge >= 0.3 is 0 Å². The van der Waals surface area contributed by atoms with E-state index in [2.05, 4.69) is 20.1 Å². The highest BCUT2D eigenvalue weighted by atomic mass is 32.1. The van der Waals surface area contributed by atoms with E-state index < -0.39 is 6.43 Å². The Morgan fingerprint density at radius 3 is 2.57 bits per heavy atom. The van der Waals surface area contributed by atoms with Crippen LogP contribution in [0.4, 0.5) is 8.78 Å². The number of aromatic nitrogens is 5. The number of para-hydroxylation sites is 1. The van der Waals surface area contributed by atoms with Crippen LogP contribution in [-0.2, 0) is 0 Å². The molecule has 0 unspecified atom stereocenters. The zero-order valence-electron chi connectivity index (χ0n) is 18.6. The molecule has 6 rings (SSSR count). The Labute approximate surface area is 221 Å². The van der Waals surface area contributed by atoms with Crippen molar-refractivity contribution < 1.29 is 13.6 Å². The van der Waals surface area contributed by atoms with Crippen LogP contribution in [0.1, 0.15) is 59.8 Å². The Bertz CT molecular complexity index is 1350. The molecule has 35 heavy (non-hydrogen) atoms. The molecule has 2 aliphatic heterocycles. The van der Waals surface area contributed by atoms with Crippen LogP contribution in [0.25, 0.3) is 16.7 Å². The van der Waals surface area contributed by atoms with E-state index in [1.807, 2.05) is 35.2 Å². The van der Waals surface area contributed by atoms with Gasteiger partial charge in [-0.2, -0.15) is 50.6 Å². The first-order chi connectivity index (χ1) is 15.6. The number of fused-ring (bicyclic) bond motifs is 4. The highest BCUT2D eigenvalue weighted by Crippen LogP contribution is 2.45. The molecule has 2 aliphatic rings. The van der Waals surface area contributed by atoms with E-state index in [0.717, 1.165) is 36.6 Å². The van der Waals surface area contributed by atoms with Crippen molar-refractivity contribution in [1.82, 2.24) is 29.5 Å². The van der Waals surface area contributed by atoms with Crippen molar-refractivity contribution in [3.8, 4) is 0 Å². The number of halogens is 2. The van der Waals surface area contributed by atoms with Gasteiger partial charge in [-0.25, -0.2) is 18.3 Å². The highest BCUT2D eigenvalue weighted by molar-refractivity contribution is 7.59. The van der Waals surface area contributed by atoms with Crippen LogP contribution in [0.5, 0.6) is 0 Å². The van der Waals surface area contributed by atoms with Gasteiger partial charge in [0.05, 0.1) is 16.8 Å². The quantitative estimate of drug-likeness (QED) is 0.385. The van der Waals surface area contributed by atoms with Crippen LogP contribution in [0.15, 0.2) is 48.9 Å². The summed E-state index contributed by atoms with van der Waals surface area (Å²) in [5.74, 6) is -0.0104. The highest BCUT2D eigenvalue weighted by Gasteiger charge is 2.46. The molecule has 5 heterocycles. The summed E-state index contributed by atoms with van der Waals surface area (Å²) in [6.45, 7) is 0. The second kappa shape index (κ2) is 10.7. The summed E-state index contributed by atoms with van der Waals surface area (Å²) in [7, 11) is 0. The lowest BCUT2D eigenvalue weighted by molar-refractivity contribution is 0.0553. The number of nitrogens with zero attached hydrogens (tertiary/aromatic N) is 6. The van der Waals surface area contributed by atoms with Crippen LogP contribution in [0.3, 0.4) is 0 Å². The monoisotopic (exact) mass is 536 g/mol. The fourth-order valence-electron chi connectivity index (χ4n) is 5.38. The van der Waals surface area contributed by atoms with Crippen molar-refractivity contribution in [3.05, 3.63) is 65.9 Å². The number of carbonyl (C=O) groups excluding carboxylic acids is 1. The standard InChI is InChI=1S/C23H20F2N6O.3H2S/c24-21(25)18-10-20(31-23(29-18)27-12-28-31)16-7-5-15-6-8-19(16)30(15)22(32)14-9-13-3-1-2-4-17(13)26-11-14;;;/h1-4,9-12,15-16,19,21H,5-8H2;3*1H2/t15-,16-,19-;;;/m0.../s1. The zero-order chi connectivity index (χ0) is 21.8. The van der Waals surface area contributed by atoms with Crippen LogP contribution in [0, 0.1) is 0 Å². The molecule has 1 amide bonds. The van der Waals surface area contributed by atoms with Crippen molar-refractivity contribution in [2.75, 3.05) is 0 Å². The largest absolute Gasteiger partial charge is 0.332 e. The third kappa shape index (κ3) is 4.58. The number of benzene rings is 1. The second-order valence-electron chi connectivity index (χ2n) is 8.49. The maximum absolute atomic E-state index is 13.6. The molecule has 0 saturated carbocycles. The summed E-state index contributed by atoms with van der Waals surface area (Å²) in [5.41, 5.74) is 1.73. The van der Waals surface area contributed by atoms with Crippen molar-refractivity contribution in [3.63, 3.8) is 0 Å². The average molecular weight is 537 g/mol. The number of piperidine rings is 1. The molecule has 1 aromatic carbocycles. The van der Waals surface area contributed by atoms with Gasteiger partial charge in [-0.15, -0.1) is 0 Å². The van der Waals surface area contributed by atoms with E-state index in [0.29, 0.717) is 11.3 Å². The number of hydrogen-bond acceptors (Lipinski definition) is 5. The molecular weight excluding hydrogens is 510 g/mol. The minimum atomic E-state index is -2.70. The van der Waals surface area contributed by atoms with Gasteiger partial charge in [0, 0.05) is 29.6 Å². The summed E-state index contributed by atoms with van der Waals surface area (Å²) in [4.78, 5) is 27.9. The van der Waals surface area contributed by atoms with Gasteiger partial charge in [-0.05, 0) is 43.9 Å². The molecule has 7 nitrogen and oxygen atoms in total. The minimum absolute atomic E-state index is 0. The number of rotatable bonds is 3. The molecule has 0 radical (unpaired) electrons. The second-order valence-corrected chi connectivity index (χ2v) is 8.49. The molecule has 4 aromatic rings. The summed E-state index contributed by atoms with van der Waals surface area (Å²) in [6, 6.07) is 11.1. The third-order valence-corrected chi connectivity index (χ3v) is 6.80. The summed E-state index contributed by atoms with van der Waals surface area (Å²) < 4.78 is 28.5. The lowest BCUT2D eigenvalue weighted by Gasteiger charge is -2.40. The number of pyridine rings is 1. The van der Waals surface area contributed by atoms with Gasteiger partial charge in [-0.3, -0.25) is 9.78 Å². The molecule has 12 heteroatoms. The molecule has 3 atom stereocenters. The number of hydrogen-bond donors (Lipinski definition) is 0. The lowest BCUT2D eigenvalue weighted by Crippen LogP contribution is -2.47. The van der Waals surface area contributed by atoms with Crippen LogP contribution in [-0.4, -0.2) is 47.5 Å². The number of alkyl halides is 2. The lowest BCUT2D eigenvalue weighted by atomic mass is 9.86. The van der Waals surface area contributed by atoms with Crippen molar-refractivity contribution in [2.24, 2.45) is 0 Å². The van der Waals surface area contributed by atoms with Gasteiger partial charge in [-0.1, -0.05) is 18.2 Å². The Morgan fingerprint density at radius 1 is 1.00 bits per heavy atom. The molecule has 2 saturated heterocycles. The average Bonchev–Trinajstić information content (AvgIpc) is 3.40. The van der Waals surface area contributed by atoms with Gasteiger partial charge in [0.2, 0.25) is 0 Å². The summed E-state index contributed by atoms with van der Waals surface area (Å²) >= 11 is 0.